The first kappa shape index (κ1) is 13.1. The number of piperazine rings is 1. The highest BCUT2D eigenvalue weighted by Crippen LogP contribution is 2.42. The van der Waals surface area contributed by atoms with Crippen LogP contribution in [0, 0.1) is 6.92 Å². The summed E-state index contributed by atoms with van der Waals surface area (Å²) in [6, 6.07) is 9.33. The summed E-state index contributed by atoms with van der Waals surface area (Å²) >= 11 is 0. The van der Waals surface area contributed by atoms with Gasteiger partial charge in [-0.05, 0) is 25.3 Å². The van der Waals surface area contributed by atoms with Gasteiger partial charge in [-0.2, -0.15) is 0 Å². The van der Waals surface area contributed by atoms with Crippen molar-refractivity contribution in [3.8, 4) is 0 Å². The standard InChI is InChI=1S/C17H26N2/c1-15-5-7-16(8-6-15)17(9-3-2-4-10-17)19-13-11-18-12-14-19/h5-8,18H,2-4,9-14H2,1H3. The Bertz CT molecular complexity index is 398. The lowest BCUT2D eigenvalue weighted by atomic mass is 9.75. The molecule has 0 bridgehead atoms. The van der Waals surface area contributed by atoms with Crippen LogP contribution in [0.5, 0.6) is 0 Å². The summed E-state index contributed by atoms with van der Waals surface area (Å²) < 4.78 is 0. The molecule has 0 unspecified atom stereocenters. The van der Waals surface area contributed by atoms with Gasteiger partial charge < -0.3 is 5.32 Å². The van der Waals surface area contributed by atoms with Crippen LogP contribution < -0.4 is 5.32 Å². The van der Waals surface area contributed by atoms with Crippen molar-refractivity contribution in [2.75, 3.05) is 26.2 Å². The minimum atomic E-state index is 0.327. The molecule has 3 rings (SSSR count). The van der Waals surface area contributed by atoms with Gasteiger partial charge in [0.2, 0.25) is 0 Å². The van der Waals surface area contributed by atoms with Gasteiger partial charge >= 0.3 is 0 Å². The molecular weight excluding hydrogens is 232 g/mol. The molecule has 1 aromatic carbocycles. The van der Waals surface area contributed by atoms with E-state index in [9.17, 15) is 0 Å². The average molecular weight is 258 g/mol. The van der Waals surface area contributed by atoms with Crippen molar-refractivity contribution >= 4 is 0 Å². The van der Waals surface area contributed by atoms with Crippen molar-refractivity contribution in [3.05, 3.63) is 35.4 Å². The maximum absolute atomic E-state index is 3.49. The number of aryl methyl sites for hydroxylation is 1. The monoisotopic (exact) mass is 258 g/mol. The van der Waals surface area contributed by atoms with Crippen molar-refractivity contribution in [1.29, 1.82) is 0 Å². The van der Waals surface area contributed by atoms with E-state index in [4.69, 9.17) is 0 Å². The van der Waals surface area contributed by atoms with Gasteiger partial charge in [0.15, 0.2) is 0 Å². The summed E-state index contributed by atoms with van der Waals surface area (Å²) in [4.78, 5) is 2.76. The molecule has 2 fully saturated rings. The Morgan fingerprint density at radius 1 is 0.947 bits per heavy atom. The van der Waals surface area contributed by atoms with E-state index in [2.05, 4.69) is 41.4 Å². The average Bonchev–Trinajstić information content (AvgIpc) is 2.49. The molecule has 1 aliphatic heterocycles. The van der Waals surface area contributed by atoms with E-state index in [1.54, 1.807) is 5.56 Å². The van der Waals surface area contributed by atoms with Crippen molar-refractivity contribution < 1.29 is 0 Å². The van der Waals surface area contributed by atoms with Crippen LogP contribution in [0.2, 0.25) is 0 Å². The maximum atomic E-state index is 3.49. The molecule has 104 valence electrons. The Kier molecular flexibility index (Phi) is 3.90. The van der Waals surface area contributed by atoms with E-state index in [-0.39, 0.29) is 0 Å². The molecule has 1 saturated heterocycles. The molecule has 1 N–H and O–H groups in total. The van der Waals surface area contributed by atoms with Crippen molar-refractivity contribution in [3.63, 3.8) is 0 Å². The first-order valence-electron chi connectivity index (χ1n) is 7.84. The van der Waals surface area contributed by atoms with Crippen LogP contribution in [0.3, 0.4) is 0 Å². The smallest absolute Gasteiger partial charge is 0.0461 e. The summed E-state index contributed by atoms with van der Waals surface area (Å²) in [7, 11) is 0. The third kappa shape index (κ3) is 2.56. The number of hydrogen-bond donors (Lipinski definition) is 1. The summed E-state index contributed by atoms with van der Waals surface area (Å²) in [6.45, 7) is 6.88. The normalized spacial score (nSPS) is 24.3. The lowest BCUT2D eigenvalue weighted by Gasteiger charge is -2.49. The van der Waals surface area contributed by atoms with E-state index in [1.807, 2.05) is 0 Å². The second kappa shape index (κ2) is 5.64. The second-order valence-electron chi connectivity index (χ2n) is 6.20. The van der Waals surface area contributed by atoms with Gasteiger partial charge in [0.1, 0.15) is 0 Å². The van der Waals surface area contributed by atoms with Crippen LogP contribution in [0.25, 0.3) is 0 Å². The van der Waals surface area contributed by atoms with Crippen molar-refractivity contribution in [2.24, 2.45) is 0 Å². The van der Waals surface area contributed by atoms with Gasteiger partial charge in [-0.25, -0.2) is 0 Å². The molecule has 1 heterocycles. The first-order valence-corrected chi connectivity index (χ1v) is 7.84. The Morgan fingerprint density at radius 3 is 2.21 bits per heavy atom. The maximum Gasteiger partial charge on any atom is 0.0461 e. The lowest BCUT2D eigenvalue weighted by molar-refractivity contribution is 0.0362. The first-order chi connectivity index (χ1) is 9.31. The molecular formula is C17H26N2. The quantitative estimate of drug-likeness (QED) is 0.877. The molecule has 2 nitrogen and oxygen atoms in total. The van der Waals surface area contributed by atoms with Gasteiger partial charge in [-0.3, -0.25) is 4.90 Å². The van der Waals surface area contributed by atoms with Crippen LogP contribution in [0.1, 0.15) is 43.2 Å². The molecule has 19 heavy (non-hydrogen) atoms. The number of benzene rings is 1. The molecule has 1 saturated carbocycles. The van der Waals surface area contributed by atoms with Gasteiger partial charge in [0.25, 0.3) is 0 Å². The van der Waals surface area contributed by atoms with E-state index in [1.165, 1.54) is 50.8 Å². The van der Waals surface area contributed by atoms with Crippen LogP contribution in [0.15, 0.2) is 24.3 Å². The van der Waals surface area contributed by atoms with Crippen LogP contribution in [0.4, 0.5) is 0 Å². The largest absolute Gasteiger partial charge is 0.314 e. The van der Waals surface area contributed by atoms with E-state index < -0.39 is 0 Å². The van der Waals surface area contributed by atoms with Gasteiger partial charge in [-0.15, -0.1) is 0 Å². The third-order valence-corrected chi connectivity index (χ3v) is 4.99. The minimum Gasteiger partial charge on any atom is -0.314 e. The fraction of sp³-hybridized carbons (Fsp3) is 0.647. The number of nitrogens with zero attached hydrogens (tertiary/aromatic N) is 1. The molecule has 2 heteroatoms. The fourth-order valence-electron chi connectivity index (χ4n) is 3.88. The number of rotatable bonds is 2. The fourth-order valence-corrected chi connectivity index (χ4v) is 3.88. The minimum absolute atomic E-state index is 0.327. The zero-order valence-corrected chi connectivity index (χ0v) is 12.1. The summed E-state index contributed by atoms with van der Waals surface area (Å²) in [5.41, 5.74) is 3.25. The lowest BCUT2D eigenvalue weighted by Crippen LogP contribution is -2.55. The van der Waals surface area contributed by atoms with Gasteiger partial charge in [0, 0.05) is 31.7 Å². The number of hydrogen-bond acceptors (Lipinski definition) is 2. The van der Waals surface area contributed by atoms with Gasteiger partial charge in [-0.1, -0.05) is 49.1 Å². The molecule has 0 aromatic heterocycles. The summed E-state index contributed by atoms with van der Waals surface area (Å²) in [6.07, 6.45) is 6.88. The Morgan fingerprint density at radius 2 is 1.58 bits per heavy atom. The highest BCUT2D eigenvalue weighted by atomic mass is 15.2. The molecule has 2 aliphatic rings. The van der Waals surface area contributed by atoms with E-state index in [0.29, 0.717) is 5.54 Å². The molecule has 0 radical (unpaired) electrons. The predicted octanol–water partition coefficient (Wildman–Crippen LogP) is 3.06. The summed E-state index contributed by atoms with van der Waals surface area (Å²) in [5.74, 6) is 0. The topological polar surface area (TPSA) is 15.3 Å². The molecule has 0 spiro atoms. The molecule has 1 aromatic rings. The number of nitrogens with one attached hydrogen (secondary N) is 1. The summed E-state index contributed by atoms with van der Waals surface area (Å²) in [5, 5.41) is 3.49. The van der Waals surface area contributed by atoms with E-state index in [0.717, 1.165) is 13.1 Å². The predicted molar refractivity (Wildman–Crippen MR) is 80.4 cm³/mol. The van der Waals surface area contributed by atoms with Gasteiger partial charge in [0.05, 0.1) is 0 Å². The molecule has 0 amide bonds. The van der Waals surface area contributed by atoms with E-state index >= 15 is 0 Å². The highest BCUT2D eigenvalue weighted by Gasteiger charge is 2.39. The van der Waals surface area contributed by atoms with Crippen molar-refractivity contribution in [2.45, 2.75) is 44.6 Å². The third-order valence-electron chi connectivity index (χ3n) is 4.99. The Balaban J connectivity index is 1.93. The highest BCUT2D eigenvalue weighted by molar-refractivity contribution is 5.29. The van der Waals surface area contributed by atoms with Crippen LogP contribution in [-0.2, 0) is 5.54 Å². The molecule has 1 aliphatic carbocycles. The SMILES string of the molecule is Cc1ccc(C2(N3CCNCC3)CCCCC2)cc1. The molecule has 0 atom stereocenters. The van der Waals surface area contributed by atoms with Crippen molar-refractivity contribution in [1.82, 2.24) is 10.2 Å². The zero-order chi connectivity index (χ0) is 13.1. The van der Waals surface area contributed by atoms with Crippen LogP contribution in [-0.4, -0.2) is 31.1 Å². The second-order valence-corrected chi connectivity index (χ2v) is 6.20. The Labute approximate surface area is 117 Å². The Hall–Kier alpha value is -0.860. The zero-order valence-electron chi connectivity index (χ0n) is 12.1. The van der Waals surface area contributed by atoms with Crippen LogP contribution >= 0.6 is 0 Å².